The number of nitriles is 1. The van der Waals surface area contributed by atoms with E-state index in [9.17, 15) is 14.3 Å². The average Bonchev–Trinajstić information content (AvgIpc) is 3.48. The van der Waals surface area contributed by atoms with Crippen LogP contribution in [0.4, 0.5) is 4.39 Å². The summed E-state index contributed by atoms with van der Waals surface area (Å²) in [6.45, 7) is 6.02. The van der Waals surface area contributed by atoms with Crippen LogP contribution in [0.15, 0.2) is 42.5 Å². The molecule has 1 aromatic carbocycles. The Labute approximate surface area is 236 Å². The molecule has 6 rings (SSSR count). The van der Waals surface area contributed by atoms with Gasteiger partial charge in [-0.1, -0.05) is 19.1 Å². The van der Waals surface area contributed by atoms with E-state index in [1.165, 1.54) is 6.07 Å². The predicted octanol–water partition coefficient (Wildman–Crippen LogP) is 4.46. The molecule has 2 fully saturated rings. The van der Waals surface area contributed by atoms with E-state index in [-0.39, 0.29) is 29.9 Å². The van der Waals surface area contributed by atoms with Crippen LogP contribution in [0.5, 0.6) is 5.88 Å². The molecule has 11 heteroatoms. The molecule has 0 radical (unpaired) electrons. The van der Waals surface area contributed by atoms with Crippen molar-refractivity contribution < 1.29 is 23.8 Å². The minimum absolute atomic E-state index is 0.0303. The van der Waals surface area contributed by atoms with Gasteiger partial charge < -0.3 is 24.1 Å². The minimum Gasteiger partial charge on any atom is -0.477 e. The van der Waals surface area contributed by atoms with E-state index in [1.807, 2.05) is 18.2 Å². The van der Waals surface area contributed by atoms with Gasteiger partial charge >= 0.3 is 5.97 Å². The first kappa shape index (κ1) is 26.9. The molecule has 2 saturated heterocycles. The maximum absolute atomic E-state index is 14.3. The number of H-pyrrole nitrogens is 1. The van der Waals surface area contributed by atoms with Crippen LogP contribution in [-0.2, 0) is 24.4 Å². The number of nitrogens with zero attached hydrogens (tertiary/aromatic N) is 5. The third kappa shape index (κ3) is 5.66. The third-order valence-electron chi connectivity index (χ3n) is 8.07. The van der Waals surface area contributed by atoms with Crippen molar-refractivity contribution in [2.45, 2.75) is 51.5 Å². The highest BCUT2D eigenvalue weighted by atomic mass is 19.1. The number of pyridine rings is 1. The zero-order valence-electron chi connectivity index (χ0n) is 22.7. The van der Waals surface area contributed by atoms with E-state index in [4.69, 9.17) is 24.7 Å². The first-order valence-corrected chi connectivity index (χ1v) is 13.8. The summed E-state index contributed by atoms with van der Waals surface area (Å²) >= 11 is 0. The van der Waals surface area contributed by atoms with Gasteiger partial charge in [-0.3, -0.25) is 4.90 Å². The Morgan fingerprint density at radius 1 is 1.27 bits per heavy atom. The number of halogens is 1. The molecule has 2 N–H and O–H groups in total. The number of likely N-dealkylation sites (tertiary alicyclic amines) is 1. The number of aromatic amines is 1. The van der Waals surface area contributed by atoms with Crippen LogP contribution in [0, 0.1) is 23.1 Å². The molecule has 3 atom stereocenters. The third-order valence-corrected chi connectivity index (χ3v) is 8.07. The molecular weight excluding hydrogens is 527 g/mol. The van der Waals surface area contributed by atoms with Crippen molar-refractivity contribution in [2.75, 3.05) is 19.7 Å². The van der Waals surface area contributed by atoms with Crippen molar-refractivity contribution in [3.05, 3.63) is 76.6 Å². The fourth-order valence-corrected chi connectivity index (χ4v) is 5.74. The molecule has 2 aliphatic heterocycles. The number of piperidine rings is 1. The van der Waals surface area contributed by atoms with Crippen LogP contribution in [0.25, 0.3) is 11.2 Å². The Hall–Kier alpha value is -4.27. The molecule has 0 bridgehead atoms. The van der Waals surface area contributed by atoms with Gasteiger partial charge in [-0.05, 0) is 49.6 Å². The van der Waals surface area contributed by atoms with Crippen LogP contribution in [-0.4, -0.2) is 61.3 Å². The summed E-state index contributed by atoms with van der Waals surface area (Å²) in [4.78, 5) is 26.3. The Morgan fingerprint density at radius 3 is 2.83 bits per heavy atom. The Balaban J connectivity index is 1.11. The smallest absolute Gasteiger partial charge is 0.352 e. The Kier molecular flexibility index (Phi) is 7.43. The van der Waals surface area contributed by atoms with Gasteiger partial charge in [0.25, 0.3) is 0 Å². The van der Waals surface area contributed by atoms with E-state index in [2.05, 4.69) is 21.4 Å². The van der Waals surface area contributed by atoms with Crippen molar-refractivity contribution in [1.29, 1.82) is 5.26 Å². The molecule has 2 aliphatic rings. The number of hydrogen-bond acceptors (Lipinski definition) is 7. The largest absolute Gasteiger partial charge is 0.477 e. The Bertz CT molecular complexity index is 1620. The lowest BCUT2D eigenvalue weighted by Crippen LogP contribution is -2.39. The van der Waals surface area contributed by atoms with Crippen LogP contribution >= 0.6 is 0 Å². The second-order valence-electron chi connectivity index (χ2n) is 10.9. The van der Waals surface area contributed by atoms with Crippen molar-refractivity contribution in [3.63, 3.8) is 0 Å². The van der Waals surface area contributed by atoms with E-state index in [1.54, 1.807) is 24.3 Å². The lowest BCUT2D eigenvalue weighted by molar-refractivity contribution is -0.0592. The van der Waals surface area contributed by atoms with Gasteiger partial charge in [0.1, 0.15) is 23.9 Å². The highest BCUT2D eigenvalue weighted by Crippen LogP contribution is 2.33. The fraction of sp³-hybridized carbons (Fsp3) is 0.400. The highest BCUT2D eigenvalue weighted by Gasteiger charge is 2.30. The number of rotatable bonds is 9. The second-order valence-corrected chi connectivity index (χ2v) is 10.9. The first-order valence-electron chi connectivity index (χ1n) is 13.8. The quantitative estimate of drug-likeness (QED) is 0.308. The molecule has 0 amide bonds. The first-order chi connectivity index (χ1) is 19.9. The summed E-state index contributed by atoms with van der Waals surface area (Å²) in [7, 11) is 0. The summed E-state index contributed by atoms with van der Waals surface area (Å²) in [6.07, 6.45) is 2.01. The van der Waals surface area contributed by atoms with E-state index in [0.29, 0.717) is 36.1 Å². The zero-order valence-corrected chi connectivity index (χ0v) is 22.7. The van der Waals surface area contributed by atoms with Gasteiger partial charge in [0.2, 0.25) is 5.88 Å². The number of hydrogen-bond donors (Lipinski definition) is 2. The molecule has 4 aromatic rings. The second kappa shape index (κ2) is 11.3. The molecule has 5 heterocycles. The molecule has 10 nitrogen and oxygen atoms in total. The number of ether oxygens (including phenoxy) is 2. The minimum atomic E-state index is -1.00. The van der Waals surface area contributed by atoms with E-state index >= 15 is 0 Å². The predicted molar refractivity (Wildman–Crippen MR) is 147 cm³/mol. The number of carboxylic acids is 1. The molecule has 41 heavy (non-hydrogen) atoms. The molecule has 0 saturated carbocycles. The van der Waals surface area contributed by atoms with E-state index in [0.717, 1.165) is 49.6 Å². The van der Waals surface area contributed by atoms with Gasteiger partial charge in [0.05, 0.1) is 36.3 Å². The summed E-state index contributed by atoms with van der Waals surface area (Å²) in [5, 5.41) is 18.3. The molecule has 1 unspecified atom stereocenters. The molecular formula is C30H31FN6O4. The number of carbonyl (C=O) groups is 1. The van der Waals surface area contributed by atoms with Crippen molar-refractivity contribution in [3.8, 4) is 11.9 Å². The number of imidazole rings is 1. The summed E-state index contributed by atoms with van der Waals surface area (Å²) in [6, 6.07) is 13.6. The van der Waals surface area contributed by atoms with Crippen LogP contribution in [0.2, 0.25) is 0 Å². The fourth-order valence-electron chi connectivity index (χ4n) is 5.74. The number of benzene rings is 1. The summed E-state index contributed by atoms with van der Waals surface area (Å²) in [5.41, 5.74) is 3.10. The maximum Gasteiger partial charge on any atom is 0.352 e. The summed E-state index contributed by atoms with van der Waals surface area (Å²) < 4.78 is 27.8. The summed E-state index contributed by atoms with van der Waals surface area (Å²) in [5.74, 6) is 0.434. The topological polar surface area (TPSA) is 129 Å². The van der Waals surface area contributed by atoms with Crippen LogP contribution in [0.1, 0.15) is 58.8 Å². The van der Waals surface area contributed by atoms with Crippen molar-refractivity contribution in [2.24, 2.45) is 5.92 Å². The van der Waals surface area contributed by atoms with Crippen molar-refractivity contribution in [1.82, 2.24) is 24.4 Å². The number of aromatic carboxylic acids is 1. The number of nitrogens with one attached hydrogen (secondary N) is 1. The Morgan fingerprint density at radius 2 is 2.12 bits per heavy atom. The average molecular weight is 559 g/mol. The molecule has 3 aromatic heterocycles. The van der Waals surface area contributed by atoms with E-state index < -0.39 is 11.8 Å². The molecule has 212 valence electrons. The van der Waals surface area contributed by atoms with Gasteiger partial charge in [-0.25, -0.2) is 19.2 Å². The van der Waals surface area contributed by atoms with Gasteiger partial charge in [-0.2, -0.15) is 5.26 Å². The highest BCUT2D eigenvalue weighted by molar-refractivity contribution is 5.91. The van der Waals surface area contributed by atoms with Gasteiger partial charge in [0, 0.05) is 36.4 Å². The molecule has 0 spiro atoms. The standard InChI is InChI=1S/C30H31FN6O4/c1-18-14-36(16-27-35-29-26(12-25(34-29)30(38)39)37(27)15-21-8-10-40-21)9-7-22(18)24-3-2-4-28(33-24)41-17-20-6-5-19(13-32)11-23(20)31/h2-6,11-12,18,21-22,34H,7-10,14-17H2,1H3,(H,38,39)/t18-,21+,22?/m1/s1. The zero-order chi connectivity index (χ0) is 28.5. The van der Waals surface area contributed by atoms with Crippen molar-refractivity contribution >= 4 is 17.1 Å². The molecule has 0 aliphatic carbocycles. The lowest BCUT2D eigenvalue weighted by atomic mass is 9.84. The van der Waals surface area contributed by atoms with Crippen LogP contribution < -0.4 is 4.74 Å². The van der Waals surface area contributed by atoms with Gasteiger partial charge in [0.15, 0.2) is 5.65 Å². The monoisotopic (exact) mass is 558 g/mol. The number of carboxylic acid groups (broad SMARTS) is 1. The lowest BCUT2D eigenvalue weighted by Gasteiger charge is -2.36. The number of fused-ring (bicyclic) bond motifs is 1. The maximum atomic E-state index is 14.3. The van der Waals surface area contributed by atoms with Crippen LogP contribution in [0.3, 0.4) is 0 Å². The number of aromatic nitrogens is 4. The normalized spacial score (nSPS) is 21.0. The van der Waals surface area contributed by atoms with Gasteiger partial charge in [-0.15, -0.1) is 0 Å². The SMILES string of the molecule is C[C@@H]1CN(Cc2nc3[nH]c(C(=O)O)cc3n2C[C@@H]2CCO2)CCC1c1cccc(OCc2ccc(C#N)cc2F)n1.